The van der Waals surface area contributed by atoms with E-state index >= 15 is 0 Å². The van der Waals surface area contributed by atoms with Gasteiger partial charge < -0.3 is 14.2 Å². The van der Waals surface area contributed by atoms with Crippen molar-refractivity contribution in [3.63, 3.8) is 0 Å². The Labute approximate surface area is 170 Å². The van der Waals surface area contributed by atoms with Gasteiger partial charge in [-0.05, 0) is 48.5 Å². The van der Waals surface area contributed by atoms with Crippen LogP contribution in [0.4, 0.5) is 22.7 Å². The standard InChI is InChI=1S/C21H17ClN4OS/c1-28(27)21-25(16-10-8-15(22)9-11-16)17-5-2-3-6-18(17)26(21)19-7-4-13-24-14-12-23-20(19)24/h2-14,21H,1H3. The minimum atomic E-state index is -1.18. The highest BCUT2D eigenvalue weighted by molar-refractivity contribution is 7.85. The van der Waals surface area contributed by atoms with Gasteiger partial charge in [-0.2, -0.15) is 0 Å². The van der Waals surface area contributed by atoms with E-state index in [1.807, 2.05) is 65.3 Å². The van der Waals surface area contributed by atoms with Crippen molar-refractivity contribution in [1.82, 2.24) is 9.38 Å². The van der Waals surface area contributed by atoms with Crippen LogP contribution < -0.4 is 9.80 Å². The molecule has 0 saturated carbocycles. The third-order valence-electron chi connectivity index (χ3n) is 4.90. The molecule has 0 radical (unpaired) electrons. The maximum absolute atomic E-state index is 13.0. The molecule has 1 aliphatic rings. The first-order chi connectivity index (χ1) is 13.6. The number of hydrogen-bond acceptors (Lipinski definition) is 4. The predicted molar refractivity (Wildman–Crippen MR) is 115 cm³/mol. The van der Waals surface area contributed by atoms with Crippen molar-refractivity contribution in [2.24, 2.45) is 0 Å². The third-order valence-corrected chi connectivity index (χ3v) is 6.17. The summed E-state index contributed by atoms with van der Waals surface area (Å²) >= 11 is 6.09. The van der Waals surface area contributed by atoms with E-state index in [0.717, 1.165) is 28.4 Å². The number of benzene rings is 2. The van der Waals surface area contributed by atoms with Crippen molar-refractivity contribution in [3.05, 3.63) is 84.3 Å². The summed E-state index contributed by atoms with van der Waals surface area (Å²) in [5.41, 5.74) is 4.27. The minimum absolute atomic E-state index is 0.401. The van der Waals surface area contributed by atoms with Crippen molar-refractivity contribution in [3.8, 4) is 0 Å². The van der Waals surface area contributed by atoms with E-state index in [-0.39, 0.29) is 0 Å². The first kappa shape index (κ1) is 17.3. The Bertz CT molecular complexity index is 1190. The molecule has 28 heavy (non-hydrogen) atoms. The molecule has 3 heterocycles. The van der Waals surface area contributed by atoms with E-state index in [0.29, 0.717) is 5.02 Å². The molecule has 0 aliphatic carbocycles. The summed E-state index contributed by atoms with van der Waals surface area (Å²) in [6, 6.07) is 19.7. The summed E-state index contributed by atoms with van der Waals surface area (Å²) in [5.74, 6) is 0. The molecule has 2 aromatic heterocycles. The monoisotopic (exact) mass is 408 g/mol. The van der Waals surface area contributed by atoms with Crippen LogP contribution in [-0.4, -0.2) is 25.3 Å². The molecule has 0 spiro atoms. The van der Waals surface area contributed by atoms with Gasteiger partial charge in [0, 0.05) is 35.6 Å². The average Bonchev–Trinajstić information content (AvgIpc) is 3.31. The first-order valence-electron chi connectivity index (χ1n) is 8.82. The molecule has 0 N–H and O–H groups in total. The van der Waals surface area contributed by atoms with E-state index < -0.39 is 16.3 Å². The van der Waals surface area contributed by atoms with Crippen LogP contribution in [0.15, 0.2) is 79.3 Å². The number of fused-ring (bicyclic) bond motifs is 2. The Morgan fingerprint density at radius 2 is 1.57 bits per heavy atom. The van der Waals surface area contributed by atoms with E-state index in [1.165, 1.54) is 0 Å². The minimum Gasteiger partial charge on any atom is -0.307 e. The number of halogens is 1. The lowest BCUT2D eigenvalue weighted by Gasteiger charge is -2.31. The van der Waals surface area contributed by atoms with E-state index in [4.69, 9.17) is 11.6 Å². The van der Waals surface area contributed by atoms with Gasteiger partial charge in [0.05, 0.1) is 27.9 Å². The molecule has 1 aliphatic heterocycles. The normalized spacial score (nSPS) is 17.1. The molecule has 0 saturated heterocycles. The second kappa shape index (κ2) is 6.65. The molecular formula is C21H17ClN4OS. The summed E-state index contributed by atoms with van der Waals surface area (Å²) < 4.78 is 15.0. The number of aromatic nitrogens is 2. The number of nitrogens with zero attached hydrogens (tertiary/aromatic N) is 4. The van der Waals surface area contributed by atoms with E-state index in [9.17, 15) is 4.21 Å². The quantitative estimate of drug-likeness (QED) is 0.481. The van der Waals surface area contributed by atoms with Crippen molar-refractivity contribution in [2.45, 2.75) is 5.50 Å². The molecule has 2 atom stereocenters. The lowest BCUT2D eigenvalue weighted by molar-refractivity contribution is 0.675. The van der Waals surface area contributed by atoms with Crippen molar-refractivity contribution in [1.29, 1.82) is 0 Å². The lowest BCUT2D eigenvalue weighted by atomic mass is 10.2. The highest BCUT2D eigenvalue weighted by Crippen LogP contribution is 2.49. The SMILES string of the molecule is CS(=O)C1N(c2ccc(Cl)cc2)c2ccccc2N1c1cccn2ccnc12. The van der Waals surface area contributed by atoms with Gasteiger partial charge in [-0.3, -0.25) is 4.21 Å². The fourth-order valence-electron chi connectivity index (χ4n) is 3.76. The Morgan fingerprint density at radius 3 is 2.29 bits per heavy atom. The Balaban J connectivity index is 1.76. The lowest BCUT2D eigenvalue weighted by Crippen LogP contribution is -2.41. The Morgan fingerprint density at radius 1 is 0.893 bits per heavy atom. The zero-order valence-electron chi connectivity index (χ0n) is 15.1. The van der Waals surface area contributed by atoms with Gasteiger partial charge in [-0.25, -0.2) is 4.98 Å². The van der Waals surface area contributed by atoms with Gasteiger partial charge in [0.2, 0.25) is 0 Å². The van der Waals surface area contributed by atoms with Crippen LogP contribution in [0.1, 0.15) is 0 Å². The summed E-state index contributed by atoms with van der Waals surface area (Å²) in [6.45, 7) is 0. The number of hydrogen-bond donors (Lipinski definition) is 0. The highest BCUT2D eigenvalue weighted by atomic mass is 35.5. The smallest absolute Gasteiger partial charge is 0.188 e. The van der Waals surface area contributed by atoms with Crippen LogP contribution in [0, 0.1) is 0 Å². The molecule has 5 nitrogen and oxygen atoms in total. The molecule has 2 aromatic carbocycles. The van der Waals surface area contributed by atoms with Gasteiger partial charge in [0.1, 0.15) is 0 Å². The number of para-hydroxylation sites is 2. The van der Waals surface area contributed by atoms with Crippen LogP contribution in [0.5, 0.6) is 0 Å². The maximum Gasteiger partial charge on any atom is 0.188 e. The van der Waals surface area contributed by atoms with Crippen LogP contribution in [0.3, 0.4) is 0 Å². The fourth-order valence-corrected chi connectivity index (χ4v) is 4.94. The van der Waals surface area contributed by atoms with Crippen molar-refractivity contribution in [2.75, 3.05) is 16.1 Å². The molecule has 2 unspecified atom stereocenters. The zero-order valence-corrected chi connectivity index (χ0v) is 16.6. The number of rotatable bonds is 3. The molecule has 7 heteroatoms. The number of pyridine rings is 1. The highest BCUT2D eigenvalue weighted by Gasteiger charge is 2.40. The fraction of sp³-hybridized carbons (Fsp3) is 0.0952. The van der Waals surface area contributed by atoms with Crippen molar-refractivity contribution >= 4 is 50.8 Å². The van der Waals surface area contributed by atoms with E-state index in [1.54, 1.807) is 12.5 Å². The first-order valence-corrected chi connectivity index (χ1v) is 10.8. The van der Waals surface area contributed by atoms with Gasteiger partial charge in [-0.15, -0.1) is 0 Å². The summed E-state index contributed by atoms with van der Waals surface area (Å²) in [6.07, 6.45) is 7.38. The molecule has 0 fully saturated rings. The Hall–Kier alpha value is -2.83. The molecule has 0 bridgehead atoms. The number of imidazole rings is 1. The third kappa shape index (κ3) is 2.60. The van der Waals surface area contributed by atoms with Crippen molar-refractivity contribution < 1.29 is 4.21 Å². The van der Waals surface area contributed by atoms with Gasteiger partial charge in [0.25, 0.3) is 0 Å². The second-order valence-corrected chi connectivity index (χ2v) is 8.44. The molecule has 0 amide bonds. The van der Waals surface area contributed by atoms with Gasteiger partial charge in [-0.1, -0.05) is 23.7 Å². The van der Waals surface area contributed by atoms with Crippen LogP contribution in [-0.2, 0) is 10.8 Å². The largest absolute Gasteiger partial charge is 0.307 e. The van der Waals surface area contributed by atoms with Crippen LogP contribution in [0.25, 0.3) is 5.65 Å². The summed E-state index contributed by atoms with van der Waals surface area (Å²) in [4.78, 5) is 8.74. The zero-order chi connectivity index (χ0) is 19.3. The average molecular weight is 409 g/mol. The predicted octanol–water partition coefficient (Wildman–Crippen LogP) is 4.94. The van der Waals surface area contributed by atoms with Gasteiger partial charge >= 0.3 is 0 Å². The summed E-state index contributed by atoms with van der Waals surface area (Å²) in [5, 5.41) is 0.671. The molecule has 5 rings (SSSR count). The maximum atomic E-state index is 13.0. The van der Waals surface area contributed by atoms with Crippen LogP contribution >= 0.6 is 11.6 Å². The second-order valence-electron chi connectivity index (χ2n) is 6.58. The van der Waals surface area contributed by atoms with Crippen LogP contribution in [0.2, 0.25) is 5.02 Å². The van der Waals surface area contributed by atoms with Gasteiger partial charge in [0.15, 0.2) is 11.1 Å². The topological polar surface area (TPSA) is 40.9 Å². The molecule has 140 valence electrons. The molecular weight excluding hydrogens is 392 g/mol. The number of anilines is 4. The Kier molecular flexibility index (Phi) is 4.10. The molecule has 4 aromatic rings. The summed E-state index contributed by atoms with van der Waals surface area (Å²) in [7, 11) is -1.18. The van der Waals surface area contributed by atoms with E-state index in [2.05, 4.69) is 26.9 Å².